The third-order valence-corrected chi connectivity index (χ3v) is 4.26. The maximum absolute atomic E-state index is 6.63. The molecule has 2 fully saturated rings. The summed E-state index contributed by atoms with van der Waals surface area (Å²) in [5.74, 6) is 2.79. The highest BCUT2D eigenvalue weighted by atomic mass is 15.3. The molecule has 4 heteroatoms. The fraction of sp³-hybridized carbons (Fsp3) is 0.846. The van der Waals surface area contributed by atoms with Gasteiger partial charge < -0.3 is 10.3 Å². The standard InChI is InChI=1S/C13H22N4/c1-9-4-3-7-13(14,8-9)12-16-15-10(2)17(12)11-5-6-11/h9,11H,3-8,14H2,1-2H3. The molecule has 2 atom stereocenters. The van der Waals surface area contributed by atoms with E-state index >= 15 is 0 Å². The lowest BCUT2D eigenvalue weighted by atomic mass is 9.76. The summed E-state index contributed by atoms with van der Waals surface area (Å²) in [4.78, 5) is 0. The average Bonchev–Trinajstić information content (AvgIpc) is 3.01. The van der Waals surface area contributed by atoms with E-state index in [2.05, 4.69) is 21.7 Å². The number of rotatable bonds is 2. The molecule has 2 aliphatic rings. The SMILES string of the molecule is Cc1nnc(C2(N)CCCC(C)C2)n1C1CC1. The van der Waals surface area contributed by atoms with Gasteiger partial charge in [0.2, 0.25) is 0 Å². The minimum Gasteiger partial charge on any atom is -0.319 e. The van der Waals surface area contributed by atoms with Crippen molar-refractivity contribution in [3.63, 3.8) is 0 Å². The monoisotopic (exact) mass is 234 g/mol. The van der Waals surface area contributed by atoms with Crippen molar-refractivity contribution in [2.24, 2.45) is 11.7 Å². The molecule has 0 spiro atoms. The predicted octanol–water partition coefficient (Wildman–Crippen LogP) is 2.29. The lowest BCUT2D eigenvalue weighted by Gasteiger charge is -2.36. The molecule has 1 heterocycles. The molecule has 2 aliphatic carbocycles. The molecule has 1 aromatic heterocycles. The van der Waals surface area contributed by atoms with E-state index < -0.39 is 0 Å². The summed E-state index contributed by atoms with van der Waals surface area (Å²) in [6.07, 6.45) is 7.15. The van der Waals surface area contributed by atoms with Crippen molar-refractivity contribution in [1.29, 1.82) is 0 Å². The van der Waals surface area contributed by atoms with Gasteiger partial charge in [-0.15, -0.1) is 10.2 Å². The van der Waals surface area contributed by atoms with Gasteiger partial charge in [-0.1, -0.05) is 19.8 Å². The summed E-state index contributed by atoms with van der Waals surface area (Å²) in [6, 6.07) is 0.623. The first-order valence-electron chi connectivity index (χ1n) is 6.81. The molecular formula is C13H22N4. The quantitative estimate of drug-likeness (QED) is 0.854. The summed E-state index contributed by atoms with van der Waals surface area (Å²) < 4.78 is 2.30. The number of hydrogen-bond donors (Lipinski definition) is 1. The average molecular weight is 234 g/mol. The predicted molar refractivity (Wildman–Crippen MR) is 66.5 cm³/mol. The molecule has 2 unspecified atom stereocenters. The van der Waals surface area contributed by atoms with Crippen LogP contribution in [-0.2, 0) is 5.54 Å². The second-order valence-corrected chi connectivity index (χ2v) is 6.03. The van der Waals surface area contributed by atoms with E-state index in [0.29, 0.717) is 12.0 Å². The smallest absolute Gasteiger partial charge is 0.153 e. The van der Waals surface area contributed by atoms with E-state index in [-0.39, 0.29) is 5.54 Å². The van der Waals surface area contributed by atoms with Crippen molar-refractivity contribution in [3.8, 4) is 0 Å². The van der Waals surface area contributed by atoms with Crippen LogP contribution in [0.25, 0.3) is 0 Å². The van der Waals surface area contributed by atoms with E-state index in [9.17, 15) is 0 Å². The molecule has 0 bridgehead atoms. The summed E-state index contributed by atoms with van der Waals surface area (Å²) in [6.45, 7) is 4.34. The van der Waals surface area contributed by atoms with E-state index in [1.165, 1.54) is 25.7 Å². The van der Waals surface area contributed by atoms with E-state index in [4.69, 9.17) is 5.73 Å². The molecule has 0 saturated heterocycles. The maximum Gasteiger partial charge on any atom is 0.153 e. The maximum atomic E-state index is 6.63. The van der Waals surface area contributed by atoms with Gasteiger partial charge in [-0.2, -0.15) is 0 Å². The van der Waals surface area contributed by atoms with Crippen molar-refractivity contribution in [2.75, 3.05) is 0 Å². The van der Waals surface area contributed by atoms with Gasteiger partial charge in [0.1, 0.15) is 5.82 Å². The number of aromatic nitrogens is 3. The lowest BCUT2D eigenvalue weighted by Crippen LogP contribution is -2.43. The van der Waals surface area contributed by atoms with Gasteiger partial charge in [0, 0.05) is 6.04 Å². The third-order valence-electron chi connectivity index (χ3n) is 4.26. The van der Waals surface area contributed by atoms with Crippen LogP contribution < -0.4 is 5.73 Å². The van der Waals surface area contributed by atoms with Crippen LogP contribution in [0.2, 0.25) is 0 Å². The van der Waals surface area contributed by atoms with Gasteiger partial charge in [0.15, 0.2) is 5.82 Å². The molecule has 0 amide bonds. The molecule has 1 aromatic rings. The zero-order valence-corrected chi connectivity index (χ0v) is 10.8. The van der Waals surface area contributed by atoms with Crippen LogP contribution in [0.5, 0.6) is 0 Å². The second kappa shape index (κ2) is 3.80. The van der Waals surface area contributed by atoms with E-state index in [1.807, 2.05) is 6.92 Å². The van der Waals surface area contributed by atoms with Crippen molar-refractivity contribution >= 4 is 0 Å². The third kappa shape index (κ3) is 1.88. The molecule has 17 heavy (non-hydrogen) atoms. The van der Waals surface area contributed by atoms with Crippen molar-refractivity contribution in [3.05, 3.63) is 11.6 Å². The molecule has 2 N–H and O–H groups in total. The highest BCUT2D eigenvalue weighted by Gasteiger charge is 2.40. The number of aryl methyl sites for hydroxylation is 1. The van der Waals surface area contributed by atoms with Crippen LogP contribution in [0.15, 0.2) is 0 Å². The molecule has 4 nitrogen and oxygen atoms in total. The van der Waals surface area contributed by atoms with Gasteiger partial charge in [-0.25, -0.2) is 0 Å². The van der Waals surface area contributed by atoms with Gasteiger partial charge in [0.05, 0.1) is 5.54 Å². The minimum absolute atomic E-state index is 0.235. The van der Waals surface area contributed by atoms with Gasteiger partial charge in [-0.05, 0) is 38.5 Å². The van der Waals surface area contributed by atoms with Crippen LogP contribution in [0, 0.1) is 12.8 Å². The molecular weight excluding hydrogens is 212 g/mol. The zero-order chi connectivity index (χ0) is 12.0. The topological polar surface area (TPSA) is 56.7 Å². The van der Waals surface area contributed by atoms with Crippen LogP contribution in [0.4, 0.5) is 0 Å². The van der Waals surface area contributed by atoms with E-state index in [1.54, 1.807) is 0 Å². The van der Waals surface area contributed by atoms with Crippen LogP contribution in [0.1, 0.15) is 63.1 Å². The largest absolute Gasteiger partial charge is 0.319 e. The molecule has 3 rings (SSSR count). The lowest BCUT2D eigenvalue weighted by molar-refractivity contribution is 0.221. The summed E-state index contributed by atoms with van der Waals surface area (Å²) in [5.41, 5.74) is 6.39. The summed E-state index contributed by atoms with van der Waals surface area (Å²) in [5, 5.41) is 8.65. The first-order valence-corrected chi connectivity index (χ1v) is 6.81. The van der Waals surface area contributed by atoms with Crippen LogP contribution in [-0.4, -0.2) is 14.8 Å². The zero-order valence-electron chi connectivity index (χ0n) is 10.8. The first-order chi connectivity index (χ1) is 8.10. The Hall–Kier alpha value is -0.900. The fourth-order valence-electron chi connectivity index (χ4n) is 3.27. The van der Waals surface area contributed by atoms with E-state index in [0.717, 1.165) is 24.5 Å². The molecule has 2 saturated carbocycles. The number of nitrogens with two attached hydrogens (primary N) is 1. The Balaban J connectivity index is 1.97. The Bertz CT molecular complexity index is 421. The van der Waals surface area contributed by atoms with Crippen molar-refractivity contribution in [2.45, 2.75) is 64.0 Å². The minimum atomic E-state index is -0.235. The highest BCUT2D eigenvalue weighted by molar-refractivity contribution is 5.13. The fourth-order valence-corrected chi connectivity index (χ4v) is 3.27. The highest BCUT2D eigenvalue weighted by Crippen LogP contribution is 2.42. The molecule has 0 radical (unpaired) electrons. The number of nitrogens with zero attached hydrogens (tertiary/aromatic N) is 3. The normalized spacial score (nSPS) is 33.9. The Labute approximate surface area is 103 Å². The summed E-state index contributed by atoms with van der Waals surface area (Å²) in [7, 11) is 0. The van der Waals surface area contributed by atoms with Gasteiger partial charge in [-0.3, -0.25) is 0 Å². The van der Waals surface area contributed by atoms with Crippen molar-refractivity contribution < 1.29 is 0 Å². The number of hydrogen-bond acceptors (Lipinski definition) is 3. The Morgan fingerprint density at radius 2 is 2.06 bits per heavy atom. The summed E-state index contributed by atoms with van der Waals surface area (Å²) >= 11 is 0. The molecule has 94 valence electrons. The van der Waals surface area contributed by atoms with Gasteiger partial charge >= 0.3 is 0 Å². The van der Waals surface area contributed by atoms with Crippen LogP contribution >= 0.6 is 0 Å². The second-order valence-electron chi connectivity index (χ2n) is 6.03. The Morgan fingerprint density at radius 1 is 1.29 bits per heavy atom. The Morgan fingerprint density at radius 3 is 2.71 bits per heavy atom. The van der Waals surface area contributed by atoms with Gasteiger partial charge in [0.25, 0.3) is 0 Å². The Kier molecular flexibility index (Phi) is 2.51. The van der Waals surface area contributed by atoms with Crippen molar-refractivity contribution in [1.82, 2.24) is 14.8 Å². The van der Waals surface area contributed by atoms with Crippen LogP contribution in [0.3, 0.4) is 0 Å². The molecule has 0 aliphatic heterocycles. The molecule has 0 aromatic carbocycles. The first kappa shape index (κ1) is 11.2.